The Balaban J connectivity index is 2.40. The normalized spacial score (nSPS) is 24.0. The molecule has 0 aromatic carbocycles. The first kappa shape index (κ1) is 16.0. The Morgan fingerprint density at radius 2 is 2.05 bits per heavy atom. The van der Waals surface area contributed by atoms with E-state index in [0.29, 0.717) is 17.2 Å². The standard InChI is InChI=1S/C16H25ClN2S/c1-11-12(2)20-7-6-19(11)15-9-13(10-17)8-14(18-15)16(3,4)5/h8-9,11-12H,6-7,10H2,1-5H3. The fourth-order valence-electron chi connectivity index (χ4n) is 2.44. The van der Waals surface area contributed by atoms with Crippen LogP contribution in [0.25, 0.3) is 0 Å². The Morgan fingerprint density at radius 3 is 2.65 bits per heavy atom. The monoisotopic (exact) mass is 312 g/mol. The smallest absolute Gasteiger partial charge is 0.129 e. The van der Waals surface area contributed by atoms with Gasteiger partial charge >= 0.3 is 0 Å². The van der Waals surface area contributed by atoms with Crippen molar-refractivity contribution in [1.29, 1.82) is 0 Å². The molecule has 2 nitrogen and oxygen atoms in total. The lowest BCUT2D eigenvalue weighted by molar-refractivity contribution is 0.561. The molecule has 20 heavy (non-hydrogen) atoms. The van der Waals surface area contributed by atoms with Gasteiger partial charge in [-0.25, -0.2) is 4.98 Å². The van der Waals surface area contributed by atoms with Crippen LogP contribution in [-0.4, -0.2) is 28.6 Å². The lowest BCUT2D eigenvalue weighted by Gasteiger charge is -2.39. The number of hydrogen-bond donors (Lipinski definition) is 0. The first-order chi connectivity index (χ1) is 9.32. The number of hydrogen-bond acceptors (Lipinski definition) is 3. The van der Waals surface area contributed by atoms with Gasteiger partial charge in [-0.15, -0.1) is 11.6 Å². The van der Waals surface area contributed by atoms with Gasteiger partial charge in [-0.2, -0.15) is 11.8 Å². The zero-order valence-corrected chi connectivity index (χ0v) is 14.7. The maximum atomic E-state index is 6.07. The lowest BCUT2D eigenvalue weighted by Crippen LogP contribution is -2.45. The van der Waals surface area contributed by atoms with Crippen molar-refractivity contribution in [2.75, 3.05) is 17.2 Å². The van der Waals surface area contributed by atoms with Crippen LogP contribution < -0.4 is 4.90 Å². The molecule has 0 saturated carbocycles. The van der Waals surface area contributed by atoms with Crippen LogP contribution in [0.2, 0.25) is 0 Å². The highest BCUT2D eigenvalue weighted by atomic mass is 35.5. The molecule has 2 unspecified atom stereocenters. The summed E-state index contributed by atoms with van der Waals surface area (Å²) in [7, 11) is 0. The number of pyridine rings is 1. The zero-order chi connectivity index (χ0) is 14.9. The summed E-state index contributed by atoms with van der Waals surface area (Å²) >= 11 is 8.12. The molecule has 2 atom stereocenters. The molecule has 0 spiro atoms. The second kappa shape index (κ2) is 6.15. The number of anilines is 1. The highest BCUT2D eigenvalue weighted by Gasteiger charge is 2.27. The molecule has 0 aliphatic carbocycles. The van der Waals surface area contributed by atoms with Crippen molar-refractivity contribution in [1.82, 2.24) is 4.98 Å². The highest BCUT2D eigenvalue weighted by molar-refractivity contribution is 8.00. The predicted octanol–water partition coefficient (Wildman–Crippen LogP) is 4.45. The van der Waals surface area contributed by atoms with Crippen molar-refractivity contribution in [3.63, 3.8) is 0 Å². The molecule has 112 valence electrons. The summed E-state index contributed by atoms with van der Waals surface area (Å²) < 4.78 is 0. The molecule has 0 N–H and O–H groups in total. The van der Waals surface area contributed by atoms with Gasteiger partial charge in [-0.3, -0.25) is 0 Å². The molecular weight excluding hydrogens is 288 g/mol. The van der Waals surface area contributed by atoms with Crippen molar-refractivity contribution in [3.8, 4) is 0 Å². The van der Waals surface area contributed by atoms with Crippen LogP contribution in [-0.2, 0) is 11.3 Å². The van der Waals surface area contributed by atoms with Crippen LogP contribution in [0.4, 0.5) is 5.82 Å². The number of halogens is 1. The van der Waals surface area contributed by atoms with E-state index in [1.807, 2.05) is 11.8 Å². The molecule has 1 aliphatic heterocycles. The summed E-state index contributed by atoms with van der Waals surface area (Å²) in [5.74, 6) is 2.81. The summed E-state index contributed by atoms with van der Waals surface area (Å²) in [5.41, 5.74) is 2.35. The second-order valence-electron chi connectivity index (χ2n) is 6.61. The second-order valence-corrected chi connectivity index (χ2v) is 8.36. The van der Waals surface area contributed by atoms with Crippen LogP contribution >= 0.6 is 23.4 Å². The lowest BCUT2D eigenvalue weighted by atomic mass is 9.91. The Labute approximate surface area is 132 Å². The fraction of sp³-hybridized carbons (Fsp3) is 0.688. The van der Waals surface area contributed by atoms with Crippen LogP contribution in [0.3, 0.4) is 0 Å². The van der Waals surface area contributed by atoms with E-state index < -0.39 is 0 Å². The molecule has 0 bridgehead atoms. The molecule has 0 amide bonds. The maximum Gasteiger partial charge on any atom is 0.129 e. The maximum absolute atomic E-state index is 6.07. The summed E-state index contributed by atoms with van der Waals surface area (Å²) in [6, 6.07) is 4.81. The van der Waals surface area contributed by atoms with Crippen LogP contribution in [0.1, 0.15) is 45.9 Å². The third-order valence-electron chi connectivity index (χ3n) is 3.97. The van der Waals surface area contributed by atoms with E-state index in [4.69, 9.17) is 16.6 Å². The van der Waals surface area contributed by atoms with E-state index in [0.717, 1.165) is 18.1 Å². The number of nitrogens with zero attached hydrogens (tertiary/aromatic N) is 2. The fourth-order valence-corrected chi connectivity index (χ4v) is 3.69. The molecule has 4 heteroatoms. The van der Waals surface area contributed by atoms with E-state index in [1.54, 1.807) is 0 Å². The molecule has 2 heterocycles. The Morgan fingerprint density at radius 1 is 1.35 bits per heavy atom. The molecule has 1 aliphatic rings. The molecule has 0 radical (unpaired) electrons. The van der Waals surface area contributed by atoms with Gasteiger partial charge in [0.2, 0.25) is 0 Å². The van der Waals surface area contributed by atoms with E-state index >= 15 is 0 Å². The largest absolute Gasteiger partial charge is 0.352 e. The molecule has 1 aromatic heterocycles. The summed E-state index contributed by atoms with van der Waals surface area (Å²) in [6.45, 7) is 12.3. The minimum Gasteiger partial charge on any atom is -0.352 e. The molecular formula is C16H25ClN2S. The third-order valence-corrected chi connectivity index (χ3v) is 5.62. The SMILES string of the molecule is CC1SCCN(c2cc(CCl)cc(C(C)(C)C)n2)C1C. The average molecular weight is 313 g/mol. The molecule has 1 aromatic rings. The van der Waals surface area contributed by atoms with Crippen molar-refractivity contribution in [2.24, 2.45) is 0 Å². The first-order valence-electron chi connectivity index (χ1n) is 7.28. The Hall–Kier alpha value is -0.410. The zero-order valence-electron chi connectivity index (χ0n) is 13.1. The van der Waals surface area contributed by atoms with Crippen molar-refractivity contribution in [3.05, 3.63) is 23.4 Å². The van der Waals surface area contributed by atoms with Gasteiger partial charge in [-0.05, 0) is 24.6 Å². The van der Waals surface area contributed by atoms with Crippen LogP contribution in [0, 0.1) is 0 Å². The van der Waals surface area contributed by atoms with Gasteiger partial charge in [0.1, 0.15) is 5.82 Å². The third kappa shape index (κ3) is 3.43. The molecule has 2 rings (SSSR count). The highest BCUT2D eigenvalue weighted by Crippen LogP contribution is 2.31. The van der Waals surface area contributed by atoms with Crippen molar-refractivity contribution in [2.45, 2.75) is 57.2 Å². The van der Waals surface area contributed by atoms with E-state index in [2.05, 4.69) is 51.7 Å². The minimum absolute atomic E-state index is 0.0518. The summed E-state index contributed by atoms with van der Waals surface area (Å²) in [5, 5.41) is 0.642. The van der Waals surface area contributed by atoms with Gasteiger partial charge in [0.25, 0.3) is 0 Å². The van der Waals surface area contributed by atoms with E-state index in [1.165, 1.54) is 11.3 Å². The van der Waals surface area contributed by atoms with Gasteiger partial charge in [0.15, 0.2) is 0 Å². The van der Waals surface area contributed by atoms with Gasteiger partial charge in [0.05, 0.1) is 0 Å². The van der Waals surface area contributed by atoms with Crippen molar-refractivity contribution >= 4 is 29.2 Å². The molecule has 1 saturated heterocycles. The van der Waals surface area contributed by atoms with Gasteiger partial charge in [-0.1, -0.05) is 27.7 Å². The van der Waals surface area contributed by atoms with Crippen molar-refractivity contribution < 1.29 is 0 Å². The first-order valence-corrected chi connectivity index (χ1v) is 8.87. The topological polar surface area (TPSA) is 16.1 Å². The minimum atomic E-state index is 0.0518. The number of aromatic nitrogens is 1. The number of alkyl halides is 1. The number of rotatable bonds is 2. The number of thioether (sulfide) groups is 1. The predicted molar refractivity (Wildman–Crippen MR) is 91.2 cm³/mol. The summed E-state index contributed by atoms with van der Waals surface area (Å²) in [4.78, 5) is 7.36. The van der Waals surface area contributed by atoms with E-state index in [-0.39, 0.29) is 5.41 Å². The average Bonchev–Trinajstić information content (AvgIpc) is 2.40. The Bertz CT molecular complexity index is 470. The summed E-state index contributed by atoms with van der Waals surface area (Å²) in [6.07, 6.45) is 0. The molecule has 1 fully saturated rings. The van der Waals surface area contributed by atoms with Crippen LogP contribution in [0.5, 0.6) is 0 Å². The van der Waals surface area contributed by atoms with E-state index in [9.17, 15) is 0 Å². The van der Waals surface area contributed by atoms with Gasteiger partial charge < -0.3 is 4.90 Å². The van der Waals surface area contributed by atoms with Gasteiger partial charge in [0, 0.05) is 40.6 Å². The quantitative estimate of drug-likeness (QED) is 0.751. The Kier molecular flexibility index (Phi) is 4.91. The van der Waals surface area contributed by atoms with Crippen LogP contribution in [0.15, 0.2) is 12.1 Å².